The van der Waals surface area contributed by atoms with E-state index in [2.05, 4.69) is 10.1 Å². The topological polar surface area (TPSA) is 59.5 Å². The van der Waals surface area contributed by atoms with E-state index in [9.17, 15) is 13.2 Å². The third-order valence-electron chi connectivity index (χ3n) is 4.52. The van der Waals surface area contributed by atoms with Crippen molar-refractivity contribution in [2.45, 2.75) is 25.3 Å². The Morgan fingerprint density at radius 3 is 2.84 bits per heavy atom. The average Bonchev–Trinajstić information content (AvgIpc) is 3.18. The third kappa shape index (κ3) is 2.77. The molecule has 1 atom stereocenters. The van der Waals surface area contributed by atoms with Crippen LogP contribution in [0.15, 0.2) is 36.5 Å². The fraction of sp³-hybridized carbons (Fsp3) is 0.294. The van der Waals surface area contributed by atoms with Crippen LogP contribution in [0.5, 0.6) is 0 Å². The highest BCUT2D eigenvalue weighted by Gasteiger charge is 2.31. The van der Waals surface area contributed by atoms with E-state index in [0.29, 0.717) is 35.8 Å². The van der Waals surface area contributed by atoms with Gasteiger partial charge >= 0.3 is 0 Å². The molecule has 3 heterocycles. The van der Waals surface area contributed by atoms with Gasteiger partial charge < -0.3 is 10.6 Å². The summed E-state index contributed by atoms with van der Waals surface area (Å²) in [6.07, 6.45) is 0.557. The van der Waals surface area contributed by atoms with Crippen molar-refractivity contribution in [1.82, 2.24) is 14.6 Å². The van der Waals surface area contributed by atoms with Gasteiger partial charge in [-0.3, -0.25) is 0 Å². The Labute approximate surface area is 141 Å². The summed E-state index contributed by atoms with van der Waals surface area (Å²) < 4.78 is 42.0. The number of rotatable bonds is 3. The van der Waals surface area contributed by atoms with E-state index in [4.69, 9.17) is 5.73 Å². The predicted molar refractivity (Wildman–Crippen MR) is 88.1 cm³/mol. The van der Waals surface area contributed by atoms with Crippen LogP contribution in [0.1, 0.15) is 36.4 Å². The molecule has 0 amide bonds. The molecule has 1 aliphatic heterocycles. The lowest BCUT2D eigenvalue weighted by atomic mass is 9.98. The van der Waals surface area contributed by atoms with Crippen LogP contribution in [0.3, 0.4) is 0 Å². The molecule has 0 aliphatic carbocycles. The summed E-state index contributed by atoms with van der Waals surface area (Å²) in [5.74, 6) is 0.477. The van der Waals surface area contributed by atoms with Crippen LogP contribution in [0.25, 0.3) is 5.65 Å². The van der Waals surface area contributed by atoms with Crippen LogP contribution in [-0.4, -0.2) is 21.1 Å². The summed E-state index contributed by atoms with van der Waals surface area (Å²) in [7, 11) is 0. The number of alkyl halides is 2. The summed E-state index contributed by atoms with van der Waals surface area (Å²) in [4.78, 5) is 6.45. The Kier molecular flexibility index (Phi) is 3.74. The summed E-state index contributed by atoms with van der Waals surface area (Å²) in [6.45, 7) is 0.663. The number of nitrogens with zero attached hydrogens (tertiary/aromatic N) is 4. The Morgan fingerprint density at radius 1 is 1.20 bits per heavy atom. The zero-order valence-electron chi connectivity index (χ0n) is 13.2. The van der Waals surface area contributed by atoms with Gasteiger partial charge in [0.05, 0.1) is 6.04 Å². The Balaban J connectivity index is 1.76. The molecule has 130 valence electrons. The van der Waals surface area contributed by atoms with Gasteiger partial charge in [0, 0.05) is 24.4 Å². The van der Waals surface area contributed by atoms with Gasteiger partial charge in [-0.1, -0.05) is 6.07 Å². The highest BCUT2D eigenvalue weighted by atomic mass is 19.3. The second-order valence-corrected chi connectivity index (χ2v) is 6.08. The second-order valence-electron chi connectivity index (χ2n) is 6.08. The van der Waals surface area contributed by atoms with Gasteiger partial charge in [0.1, 0.15) is 17.5 Å². The van der Waals surface area contributed by atoms with Gasteiger partial charge in [0.15, 0.2) is 5.65 Å². The first-order valence-electron chi connectivity index (χ1n) is 7.99. The number of hydrogen-bond acceptors (Lipinski definition) is 4. The van der Waals surface area contributed by atoms with Gasteiger partial charge in [-0.25, -0.2) is 22.7 Å². The number of hydrogen-bond donors (Lipinski definition) is 1. The molecule has 2 N–H and O–H groups in total. The number of benzene rings is 1. The number of halogens is 3. The molecule has 1 saturated heterocycles. The maximum absolute atomic E-state index is 13.7. The van der Waals surface area contributed by atoms with E-state index in [0.717, 1.165) is 12.5 Å². The molecule has 0 saturated carbocycles. The van der Waals surface area contributed by atoms with E-state index in [1.54, 1.807) is 22.8 Å². The zero-order chi connectivity index (χ0) is 17.6. The molecule has 25 heavy (non-hydrogen) atoms. The largest absolute Gasteiger partial charge is 0.382 e. The Hall–Kier alpha value is -2.77. The molecule has 8 heteroatoms. The van der Waals surface area contributed by atoms with Crippen molar-refractivity contribution in [3.63, 3.8) is 0 Å². The molecule has 3 aromatic rings. The molecule has 1 aromatic carbocycles. The molecule has 0 unspecified atom stereocenters. The number of nitrogen functional groups attached to an aromatic ring is 1. The summed E-state index contributed by atoms with van der Waals surface area (Å²) >= 11 is 0. The Bertz CT molecular complexity index is 924. The molecule has 1 fully saturated rings. The van der Waals surface area contributed by atoms with Crippen molar-refractivity contribution in [3.05, 3.63) is 53.5 Å². The van der Waals surface area contributed by atoms with E-state index < -0.39 is 12.2 Å². The van der Waals surface area contributed by atoms with Crippen molar-refractivity contribution >= 4 is 17.3 Å². The fourth-order valence-electron chi connectivity index (χ4n) is 3.45. The molecule has 5 nitrogen and oxygen atoms in total. The Morgan fingerprint density at radius 2 is 2.04 bits per heavy atom. The summed E-state index contributed by atoms with van der Waals surface area (Å²) in [6, 6.07) is 6.51. The van der Waals surface area contributed by atoms with Crippen LogP contribution in [-0.2, 0) is 0 Å². The predicted octanol–water partition coefficient (Wildman–Crippen LogP) is 3.73. The third-order valence-corrected chi connectivity index (χ3v) is 4.52. The molecule has 1 aliphatic rings. The first-order chi connectivity index (χ1) is 12.0. The molecular weight excluding hydrogens is 331 g/mol. The van der Waals surface area contributed by atoms with E-state index >= 15 is 0 Å². The van der Waals surface area contributed by atoms with Gasteiger partial charge in [-0.05, 0) is 36.6 Å². The highest BCUT2D eigenvalue weighted by molar-refractivity contribution is 5.54. The second kappa shape index (κ2) is 5.94. The SMILES string of the molecule is Nc1cc2nc(N3CCC[C@@H]3c3cc(F)ccc3C(F)F)ccn2n1. The minimum atomic E-state index is -2.65. The molecular formula is C17H16F3N5. The maximum Gasteiger partial charge on any atom is 0.264 e. The lowest BCUT2D eigenvalue weighted by Crippen LogP contribution is -2.24. The first-order valence-corrected chi connectivity index (χ1v) is 7.99. The lowest BCUT2D eigenvalue weighted by molar-refractivity contribution is 0.149. The molecule has 0 bridgehead atoms. The van der Waals surface area contributed by atoms with Crippen LogP contribution in [0, 0.1) is 5.82 Å². The number of nitrogens with two attached hydrogens (primary N) is 1. The number of fused-ring (bicyclic) bond motifs is 1. The lowest BCUT2D eigenvalue weighted by Gasteiger charge is -2.27. The van der Waals surface area contributed by atoms with Gasteiger partial charge in [0.25, 0.3) is 6.43 Å². The van der Waals surface area contributed by atoms with Gasteiger partial charge in [-0.15, -0.1) is 5.10 Å². The van der Waals surface area contributed by atoms with Crippen molar-refractivity contribution < 1.29 is 13.2 Å². The minimum Gasteiger partial charge on any atom is -0.382 e. The van der Waals surface area contributed by atoms with Crippen molar-refractivity contribution in [2.24, 2.45) is 0 Å². The summed E-state index contributed by atoms with van der Waals surface area (Å²) in [5, 5.41) is 4.07. The quantitative estimate of drug-likeness (QED) is 0.784. The normalized spacial score (nSPS) is 17.8. The van der Waals surface area contributed by atoms with E-state index in [1.807, 2.05) is 4.90 Å². The smallest absolute Gasteiger partial charge is 0.264 e. The highest BCUT2D eigenvalue weighted by Crippen LogP contribution is 2.39. The van der Waals surface area contributed by atoms with Crippen LogP contribution < -0.4 is 10.6 Å². The van der Waals surface area contributed by atoms with E-state index in [1.165, 1.54) is 12.1 Å². The van der Waals surface area contributed by atoms with Crippen LogP contribution in [0.2, 0.25) is 0 Å². The molecule has 0 spiro atoms. The zero-order valence-corrected chi connectivity index (χ0v) is 13.2. The monoisotopic (exact) mass is 347 g/mol. The van der Waals surface area contributed by atoms with Crippen LogP contribution in [0.4, 0.5) is 24.8 Å². The fourth-order valence-corrected chi connectivity index (χ4v) is 3.45. The summed E-state index contributed by atoms with van der Waals surface area (Å²) in [5.41, 5.74) is 6.44. The average molecular weight is 347 g/mol. The minimum absolute atomic E-state index is 0.132. The standard InChI is InChI=1S/C17H16F3N5/c18-10-3-4-11(17(19)20)12(8-10)13-2-1-6-24(13)15-5-7-25-16(22-15)9-14(21)23-25/h3-5,7-9,13,17H,1-2,6H2,(H2,21,23)/t13-/m1/s1. The van der Waals surface area contributed by atoms with Crippen LogP contribution >= 0.6 is 0 Å². The molecule has 2 aromatic heterocycles. The van der Waals surface area contributed by atoms with Crippen molar-refractivity contribution in [3.8, 4) is 0 Å². The van der Waals surface area contributed by atoms with Gasteiger partial charge in [-0.2, -0.15) is 0 Å². The number of aromatic nitrogens is 3. The van der Waals surface area contributed by atoms with Crippen molar-refractivity contribution in [2.75, 3.05) is 17.2 Å². The number of anilines is 2. The van der Waals surface area contributed by atoms with Gasteiger partial charge in [0.2, 0.25) is 0 Å². The molecule has 0 radical (unpaired) electrons. The first kappa shape index (κ1) is 15.7. The maximum atomic E-state index is 13.7. The van der Waals surface area contributed by atoms with Crippen molar-refractivity contribution in [1.29, 1.82) is 0 Å². The van der Waals surface area contributed by atoms with E-state index in [-0.39, 0.29) is 11.6 Å². The molecule has 4 rings (SSSR count).